The van der Waals surface area contributed by atoms with Gasteiger partial charge in [-0.1, -0.05) is 0 Å². The number of aromatic nitrogens is 2. The highest BCUT2D eigenvalue weighted by molar-refractivity contribution is 7.17. The van der Waals surface area contributed by atoms with E-state index in [1.807, 2.05) is 12.3 Å². The Labute approximate surface area is 97.8 Å². The largest absolute Gasteiger partial charge is 0.297 e. The molecule has 2 aromatic rings. The molecule has 0 aromatic carbocycles. The number of rotatable bonds is 2. The van der Waals surface area contributed by atoms with E-state index in [2.05, 4.69) is 16.8 Å². The topological polar surface area (TPSA) is 34.9 Å². The third kappa shape index (κ3) is 1.86. The van der Waals surface area contributed by atoms with Crippen LogP contribution in [0.4, 0.5) is 0 Å². The highest BCUT2D eigenvalue weighted by Gasteiger charge is 2.07. The van der Waals surface area contributed by atoms with E-state index >= 15 is 0 Å². The molecule has 2 aromatic heterocycles. The van der Waals surface area contributed by atoms with Crippen molar-refractivity contribution in [1.82, 2.24) is 9.55 Å². The van der Waals surface area contributed by atoms with Gasteiger partial charge in [0.25, 0.3) is 5.56 Å². The Kier molecular flexibility index (Phi) is 3.07. The number of nitrogens with zero attached hydrogens (tertiary/aromatic N) is 2. The predicted octanol–water partition coefficient (Wildman–Crippen LogP) is 2.18. The van der Waals surface area contributed by atoms with Gasteiger partial charge in [-0.3, -0.25) is 9.36 Å². The highest BCUT2D eigenvalue weighted by atomic mass is 32.1. The summed E-state index contributed by atoms with van der Waals surface area (Å²) in [5.41, 5.74) is 1.94. The number of hydrogen-bond acceptors (Lipinski definition) is 3. The van der Waals surface area contributed by atoms with Gasteiger partial charge in [-0.25, -0.2) is 4.98 Å². The first kappa shape index (κ1) is 10.9. The molecule has 3 nitrogen and oxygen atoms in total. The van der Waals surface area contributed by atoms with Crippen molar-refractivity contribution < 1.29 is 0 Å². The van der Waals surface area contributed by atoms with E-state index < -0.39 is 0 Å². The normalized spacial score (nSPS) is 10.1. The molecular weight excluding hydrogens is 220 g/mol. The molecule has 0 radical (unpaired) electrons. The molecule has 2 heterocycles. The standard InChI is InChI=1S/C12H12N2OS/c1-3-4-5-6-14-8-13-10-9(2)7-16-11(10)12(14)15/h7-8H,5-6H2,1-2H3. The summed E-state index contributed by atoms with van der Waals surface area (Å²) < 4.78 is 2.37. The fourth-order valence-corrected chi connectivity index (χ4v) is 2.47. The summed E-state index contributed by atoms with van der Waals surface area (Å²) >= 11 is 1.46. The molecule has 0 N–H and O–H groups in total. The van der Waals surface area contributed by atoms with E-state index in [0.29, 0.717) is 13.0 Å². The van der Waals surface area contributed by atoms with Gasteiger partial charge < -0.3 is 0 Å². The Morgan fingerprint density at radius 1 is 1.56 bits per heavy atom. The van der Waals surface area contributed by atoms with Crippen molar-refractivity contribution in [3.8, 4) is 11.8 Å². The smallest absolute Gasteiger partial charge is 0.271 e. The van der Waals surface area contributed by atoms with Crippen molar-refractivity contribution in [3.63, 3.8) is 0 Å². The zero-order valence-electron chi connectivity index (χ0n) is 9.28. The van der Waals surface area contributed by atoms with Gasteiger partial charge in [-0.15, -0.1) is 23.2 Å². The van der Waals surface area contributed by atoms with Crippen LogP contribution in [0.3, 0.4) is 0 Å². The maximum absolute atomic E-state index is 12.0. The minimum atomic E-state index is 0.0426. The zero-order chi connectivity index (χ0) is 11.5. The molecule has 2 rings (SSSR count). The lowest BCUT2D eigenvalue weighted by atomic mass is 10.3. The van der Waals surface area contributed by atoms with Gasteiger partial charge in [0, 0.05) is 13.0 Å². The summed E-state index contributed by atoms with van der Waals surface area (Å²) in [6, 6.07) is 0. The first-order chi connectivity index (χ1) is 7.74. The fourth-order valence-electron chi connectivity index (χ4n) is 1.52. The van der Waals surface area contributed by atoms with Crippen molar-refractivity contribution in [3.05, 3.63) is 27.6 Å². The molecule has 0 fully saturated rings. The molecule has 0 saturated carbocycles. The third-order valence-corrected chi connectivity index (χ3v) is 3.45. The Balaban J connectivity index is 2.43. The summed E-state index contributed by atoms with van der Waals surface area (Å²) in [5, 5.41) is 1.97. The Morgan fingerprint density at radius 3 is 3.12 bits per heavy atom. The van der Waals surface area contributed by atoms with Gasteiger partial charge in [-0.05, 0) is 24.8 Å². The monoisotopic (exact) mass is 232 g/mol. The molecular formula is C12H12N2OS. The van der Waals surface area contributed by atoms with E-state index in [9.17, 15) is 4.79 Å². The third-order valence-electron chi connectivity index (χ3n) is 2.38. The number of thiophene rings is 1. The van der Waals surface area contributed by atoms with Gasteiger partial charge >= 0.3 is 0 Å². The van der Waals surface area contributed by atoms with E-state index in [4.69, 9.17) is 0 Å². The fraction of sp³-hybridized carbons (Fsp3) is 0.333. The minimum Gasteiger partial charge on any atom is -0.297 e. The molecule has 16 heavy (non-hydrogen) atoms. The molecule has 0 bridgehead atoms. The average Bonchev–Trinajstić information content (AvgIpc) is 2.65. The van der Waals surface area contributed by atoms with Crippen molar-refractivity contribution in [1.29, 1.82) is 0 Å². The molecule has 0 aliphatic heterocycles. The summed E-state index contributed by atoms with van der Waals surface area (Å²) in [6.07, 6.45) is 2.30. The van der Waals surface area contributed by atoms with E-state index in [1.165, 1.54) is 11.3 Å². The molecule has 0 amide bonds. The Bertz CT molecular complexity index is 628. The first-order valence-corrected chi connectivity index (χ1v) is 5.95. The average molecular weight is 232 g/mol. The van der Waals surface area contributed by atoms with Crippen LogP contribution in [0.15, 0.2) is 16.5 Å². The van der Waals surface area contributed by atoms with Gasteiger partial charge in [0.15, 0.2) is 0 Å². The van der Waals surface area contributed by atoms with Crippen molar-refractivity contribution in [2.45, 2.75) is 26.8 Å². The second kappa shape index (κ2) is 4.50. The van der Waals surface area contributed by atoms with Crippen LogP contribution >= 0.6 is 11.3 Å². The van der Waals surface area contributed by atoms with Crippen LogP contribution in [0.5, 0.6) is 0 Å². The van der Waals surface area contributed by atoms with Gasteiger partial charge in [0.1, 0.15) is 4.70 Å². The first-order valence-electron chi connectivity index (χ1n) is 5.07. The molecule has 0 atom stereocenters. The van der Waals surface area contributed by atoms with Crippen LogP contribution in [0.1, 0.15) is 18.9 Å². The molecule has 0 saturated heterocycles. The minimum absolute atomic E-state index is 0.0426. The van der Waals surface area contributed by atoms with Gasteiger partial charge in [0.05, 0.1) is 11.8 Å². The zero-order valence-corrected chi connectivity index (χ0v) is 10.1. The van der Waals surface area contributed by atoms with Crippen molar-refractivity contribution in [2.75, 3.05) is 0 Å². The van der Waals surface area contributed by atoms with Crippen LogP contribution in [-0.2, 0) is 6.54 Å². The quantitative estimate of drug-likeness (QED) is 0.744. The van der Waals surface area contributed by atoms with Crippen molar-refractivity contribution >= 4 is 21.6 Å². The summed E-state index contributed by atoms with van der Waals surface area (Å²) in [6.45, 7) is 4.38. The molecule has 4 heteroatoms. The molecule has 0 unspecified atom stereocenters. The molecule has 82 valence electrons. The predicted molar refractivity (Wildman–Crippen MR) is 66.7 cm³/mol. The maximum Gasteiger partial charge on any atom is 0.271 e. The van der Waals surface area contributed by atoms with Crippen LogP contribution in [0.25, 0.3) is 10.2 Å². The van der Waals surface area contributed by atoms with E-state index in [0.717, 1.165) is 15.8 Å². The number of hydrogen-bond donors (Lipinski definition) is 0. The van der Waals surface area contributed by atoms with E-state index in [-0.39, 0.29) is 5.56 Å². The van der Waals surface area contributed by atoms with Crippen LogP contribution in [-0.4, -0.2) is 9.55 Å². The lowest BCUT2D eigenvalue weighted by molar-refractivity contribution is 0.682. The van der Waals surface area contributed by atoms with Gasteiger partial charge in [0.2, 0.25) is 0 Å². The Morgan fingerprint density at radius 2 is 2.38 bits per heavy atom. The number of fused-ring (bicyclic) bond motifs is 1. The second-order valence-corrected chi connectivity index (χ2v) is 4.40. The second-order valence-electron chi connectivity index (χ2n) is 3.52. The lowest BCUT2D eigenvalue weighted by Crippen LogP contribution is -2.19. The molecule has 0 aliphatic carbocycles. The Hall–Kier alpha value is -1.60. The summed E-state index contributed by atoms with van der Waals surface area (Å²) in [5.74, 6) is 5.76. The van der Waals surface area contributed by atoms with E-state index in [1.54, 1.807) is 17.8 Å². The summed E-state index contributed by atoms with van der Waals surface area (Å²) in [4.78, 5) is 16.3. The number of aryl methyl sites for hydroxylation is 2. The maximum atomic E-state index is 12.0. The van der Waals surface area contributed by atoms with Crippen LogP contribution < -0.4 is 5.56 Å². The highest BCUT2D eigenvalue weighted by Crippen LogP contribution is 2.19. The van der Waals surface area contributed by atoms with Crippen LogP contribution in [0, 0.1) is 18.8 Å². The van der Waals surface area contributed by atoms with Crippen molar-refractivity contribution in [2.24, 2.45) is 0 Å². The summed E-state index contributed by atoms with van der Waals surface area (Å²) in [7, 11) is 0. The van der Waals surface area contributed by atoms with Gasteiger partial charge in [-0.2, -0.15) is 0 Å². The van der Waals surface area contributed by atoms with Crippen LogP contribution in [0.2, 0.25) is 0 Å². The SMILES string of the molecule is CC#CCCn1cnc2c(C)csc2c1=O. The molecule has 0 spiro atoms. The lowest BCUT2D eigenvalue weighted by Gasteiger charge is -2.01. The molecule has 0 aliphatic rings.